The molecule has 0 atom stereocenters. The highest BCUT2D eigenvalue weighted by atomic mass is 16.5. The van der Waals surface area contributed by atoms with Crippen molar-refractivity contribution in [3.8, 4) is 5.75 Å². The molecule has 1 aromatic rings. The Labute approximate surface area is 127 Å². The van der Waals surface area contributed by atoms with Crippen molar-refractivity contribution in [2.45, 2.75) is 38.5 Å². The van der Waals surface area contributed by atoms with Crippen LogP contribution in [0.1, 0.15) is 37.7 Å². The molecule has 0 amide bonds. The summed E-state index contributed by atoms with van der Waals surface area (Å²) in [6, 6.07) is 8.02. The monoisotopic (exact) mass is 288 g/mol. The summed E-state index contributed by atoms with van der Waals surface area (Å²) < 4.78 is 10.2. The lowest BCUT2D eigenvalue weighted by Gasteiger charge is -2.31. The van der Waals surface area contributed by atoms with Crippen molar-refractivity contribution in [1.29, 1.82) is 0 Å². The Morgan fingerprint density at radius 2 is 1.81 bits per heavy atom. The number of benzene rings is 1. The molecule has 1 saturated carbocycles. The lowest BCUT2D eigenvalue weighted by atomic mass is 9.73. The van der Waals surface area contributed by atoms with Gasteiger partial charge in [0.25, 0.3) is 0 Å². The highest BCUT2D eigenvalue weighted by Gasteiger charge is 2.37. The van der Waals surface area contributed by atoms with E-state index >= 15 is 0 Å². The minimum Gasteiger partial charge on any atom is -0.497 e. The number of carbonyl (C=O) groups is 1. The van der Waals surface area contributed by atoms with Gasteiger partial charge in [-0.1, -0.05) is 43.5 Å². The maximum absolute atomic E-state index is 12.1. The van der Waals surface area contributed by atoms with Crippen LogP contribution in [-0.4, -0.2) is 20.2 Å². The fourth-order valence-corrected chi connectivity index (χ4v) is 3.01. The Kier molecular flexibility index (Phi) is 5.43. The number of rotatable bonds is 5. The molecule has 0 unspecified atom stereocenters. The summed E-state index contributed by atoms with van der Waals surface area (Å²) in [7, 11) is 3.15. The van der Waals surface area contributed by atoms with E-state index < -0.39 is 5.41 Å². The predicted molar refractivity (Wildman–Crippen MR) is 83.4 cm³/mol. The van der Waals surface area contributed by atoms with Crippen LogP contribution < -0.4 is 4.74 Å². The average Bonchev–Trinajstić information content (AvgIpc) is 2.55. The van der Waals surface area contributed by atoms with E-state index in [1.54, 1.807) is 7.11 Å². The molecular formula is C18H24O3. The van der Waals surface area contributed by atoms with Crippen LogP contribution in [0.3, 0.4) is 0 Å². The molecule has 114 valence electrons. The topological polar surface area (TPSA) is 35.5 Å². The van der Waals surface area contributed by atoms with Gasteiger partial charge in [0.15, 0.2) is 0 Å². The van der Waals surface area contributed by atoms with Gasteiger partial charge in [0.2, 0.25) is 0 Å². The van der Waals surface area contributed by atoms with Gasteiger partial charge in [-0.2, -0.15) is 0 Å². The maximum atomic E-state index is 12.1. The first-order valence-electron chi connectivity index (χ1n) is 7.59. The number of hydrogen-bond acceptors (Lipinski definition) is 3. The molecule has 1 aliphatic rings. The van der Waals surface area contributed by atoms with Gasteiger partial charge in [-0.05, 0) is 37.0 Å². The minimum atomic E-state index is -0.403. The molecule has 0 spiro atoms. The summed E-state index contributed by atoms with van der Waals surface area (Å²) in [6.07, 6.45) is 10.2. The number of ether oxygens (including phenoxy) is 2. The smallest absolute Gasteiger partial charge is 0.315 e. The van der Waals surface area contributed by atoms with Crippen molar-refractivity contribution in [2.75, 3.05) is 14.2 Å². The standard InChI is InChI=1S/C18H24O3/c1-20-16-10-8-15(9-11-16)7-6-14-18(17(19)21-2)12-4-3-5-13-18/h6,8-11,14H,3-5,7,12-13H2,1-2H3/b14-6+. The van der Waals surface area contributed by atoms with Crippen molar-refractivity contribution in [1.82, 2.24) is 0 Å². The zero-order valence-electron chi connectivity index (χ0n) is 12.9. The number of esters is 1. The number of hydrogen-bond donors (Lipinski definition) is 0. The molecular weight excluding hydrogens is 264 g/mol. The van der Waals surface area contributed by atoms with Gasteiger partial charge in [0.05, 0.1) is 19.6 Å². The first kappa shape index (κ1) is 15.6. The van der Waals surface area contributed by atoms with Crippen LogP contribution in [0.15, 0.2) is 36.4 Å². The zero-order valence-corrected chi connectivity index (χ0v) is 12.9. The Bertz CT molecular complexity index is 482. The Balaban J connectivity index is 2.03. The van der Waals surface area contributed by atoms with Crippen molar-refractivity contribution in [3.05, 3.63) is 42.0 Å². The third-order valence-corrected chi connectivity index (χ3v) is 4.29. The van der Waals surface area contributed by atoms with Gasteiger partial charge in [0.1, 0.15) is 5.75 Å². The van der Waals surface area contributed by atoms with E-state index in [0.717, 1.165) is 37.9 Å². The molecule has 0 bridgehead atoms. The fraction of sp³-hybridized carbons (Fsp3) is 0.500. The van der Waals surface area contributed by atoms with E-state index in [1.807, 2.05) is 12.1 Å². The summed E-state index contributed by atoms with van der Waals surface area (Å²) in [5, 5.41) is 0. The third-order valence-electron chi connectivity index (χ3n) is 4.29. The van der Waals surface area contributed by atoms with Gasteiger partial charge >= 0.3 is 5.97 Å². The van der Waals surface area contributed by atoms with E-state index in [4.69, 9.17) is 9.47 Å². The van der Waals surface area contributed by atoms with Gasteiger partial charge in [-0.3, -0.25) is 4.79 Å². The van der Waals surface area contributed by atoms with Crippen molar-refractivity contribution < 1.29 is 14.3 Å². The lowest BCUT2D eigenvalue weighted by molar-refractivity contribution is -0.151. The third kappa shape index (κ3) is 3.87. The van der Waals surface area contributed by atoms with Gasteiger partial charge in [-0.15, -0.1) is 0 Å². The summed E-state index contributed by atoms with van der Waals surface area (Å²) >= 11 is 0. The highest BCUT2D eigenvalue weighted by molar-refractivity contribution is 5.79. The highest BCUT2D eigenvalue weighted by Crippen LogP contribution is 2.38. The summed E-state index contributed by atoms with van der Waals surface area (Å²) in [4.78, 5) is 12.1. The van der Waals surface area contributed by atoms with Crippen LogP contribution in [0, 0.1) is 5.41 Å². The van der Waals surface area contributed by atoms with Gasteiger partial charge in [-0.25, -0.2) is 0 Å². The molecule has 0 saturated heterocycles. The van der Waals surface area contributed by atoms with Crippen LogP contribution in [0.25, 0.3) is 0 Å². The van der Waals surface area contributed by atoms with E-state index in [-0.39, 0.29) is 5.97 Å². The van der Waals surface area contributed by atoms with Crippen LogP contribution in [0.4, 0.5) is 0 Å². The van der Waals surface area contributed by atoms with Gasteiger partial charge < -0.3 is 9.47 Å². The SMILES string of the molecule is COC(=O)C1(/C=C/Cc2ccc(OC)cc2)CCCCC1. The summed E-state index contributed by atoms with van der Waals surface area (Å²) in [5.74, 6) is 0.772. The normalized spacial score (nSPS) is 17.6. The largest absolute Gasteiger partial charge is 0.497 e. The molecule has 3 heteroatoms. The predicted octanol–water partition coefficient (Wildman–Crippen LogP) is 3.92. The molecule has 1 aliphatic carbocycles. The van der Waals surface area contributed by atoms with E-state index in [1.165, 1.54) is 19.1 Å². The van der Waals surface area contributed by atoms with Crippen molar-refractivity contribution >= 4 is 5.97 Å². The lowest BCUT2D eigenvalue weighted by Crippen LogP contribution is -2.32. The van der Waals surface area contributed by atoms with Crippen LogP contribution in [0.2, 0.25) is 0 Å². The molecule has 1 fully saturated rings. The summed E-state index contributed by atoms with van der Waals surface area (Å²) in [5.41, 5.74) is 0.808. The van der Waals surface area contributed by atoms with Crippen molar-refractivity contribution in [2.24, 2.45) is 5.41 Å². The molecule has 1 aromatic carbocycles. The Morgan fingerprint density at radius 1 is 1.14 bits per heavy atom. The van der Waals surface area contributed by atoms with Crippen molar-refractivity contribution in [3.63, 3.8) is 0 Å². The van der Waals surface area contributed by atoms with Crippen LogP contribution >= 0.6 is 0 Å². The molecule has 0 aromatic heterocycles. The number of carbonyl (C=O) groups excluding carboxylic acids is 1. The number of allylic oxidation sites excluding steroid dienone is 1. The number of methoxy groups -OCH3 is 2. The summed E-state index contributed by atoms with van der Waals surface area (Å²) in [6.45, 7) is 0. The molecule has 21 heavy (non-hydrogen) atoms. The Morgan fingerprint density at radius 3 is 2.38 bits per heavy atom. The first-order chi connectivity index (χ1) is 10.2. The molecule has 0 radical (unpaired) electrons. The van der Waals surface area contributed by atoms with Gasteiger partial charge in [0, 0.05) is 0 Å². The molecule has 3 nitrogen and oxygen atoms in total. The molecule has 0 N–H and O–H groups in total. The van der Waals surface area contributed by atoms with Crippen LogP contribution in [-0.2, 0) is 16.0 Å². The first-order valence-corrected chi connectivity index (χ1v) is 7.59. The zero-order chi connectivity index (χ0) is 15.1. The molecule has 2 rings (SSSR count). The molecule has 0 aliphatic heterocycles. The van der Waals surface area contributed by atoms with E-state index in [9.17, 15) is 4.79 Å². The maximum Gasteiger partial charge on any atom is 0.315 e. The van der Waals surface area contributed by atoms with Crippen LogP contribution in [0.5, 0.6) is 5.75 Å². The van der Waals surface area contributed by atoms with E-state index in [0.29, 0.717) is 0 Å². The van der Waals surface area contributed by atoms with E-state index in [2.05, 4.69) is 24.3 Å². The molecule has 0 heterocycles. The second kappa shape index (κ2) is 7.30. The Hall–Kier alpha value is -1.77. The second-order valence-corrected chi connectivity index (χ2v) is 5.66. The average molecular weight is 288 g/mol. The second-order valence-electron chi connectivity index (χ2n) is 5.66. The fourth-order valence-electron chi connectivity index (χ4n) is 3.01. The minimum absolute atomic E-state index is 0.0896. The quantitative estimate of drug-likeness (QED) is 0.608.